The van der Waals surface area contributed by atoms with E-state index in [1.54, 1.807) is 6.07 Å². The van der Waals surface area contributed by atoms with Crippen LogP contribution < -0.4 is 5.32 Å². The third kappa shape index (κ3) is 4.02. The van der Waals surface area contributed by atoms with Crippen LogP contribution in [0.4, 0.5) is 0 Å². The summed E-state index contributed by atoms with van der Waals surface area (Å²) in [5, 5.41) is 13.2. The second kappa shape index (κ2) is 7.85. The molecule has 1 atom stereocenters. The normalized spacial score (nSPS) is 17.4. The van der Waals surface area contributed by atoms with Gasteiger partial charge in [0.15, 0.2) is 0 Å². The standard InChI is InChI=1S/C13H20N2O.2ClH/c1-10-3-4-13(16)12(9-10)11(2)15-7-5-14-6-8-15;;/h3-4,9,11,14,16H,5-8H2,1-2H3;2*1H/t11-;;/m0../s1. The van der Waals surface area contributed by atoms with Crippen LogP contribution in [0.25, 0.3) is 0 Å². The Labute approximate surface area is 121 Å². The number of nitrogens with zero attached hydrogens (tertiary/aromatic N) is 1. The molecule has 1 saturated heterocycles. The van der Waals surface area contributed by atoms with Gasteiger partial charge in [0.2, 0.25) is 0 Å². The van der Waals surface area contributed by atoms with E-state index in [-0.39, 0.29) is 24.8 Å². The Bertz CT molecular complexity index is 368. The van der Waals surface area contributed by atoms with Crippen molar-refractivity contribution in [3.63, 3.8) is 0 Å². The van der Waals surface area contributed by atoms with Gasteiger partial charge in [0.25, 0.3) is 0 Å². The number of phenolic OH excluding ortho intramolecular Hbond substituents is 1. The first kappa shape index (κ1) is 17.5. The summed E-state index contributed by atoms with van der Waals surface area (Å²) in [5.41, 5.74) is 2.25. The van der Waals surface area contributed by atoms with E-state index in [4.69, 9.17) is 0 Å². The Hall–Kier alpha value is -0.480. The number of benzene rings is 1. The molecule has 0 radical (unpaired) electrons. The first-order valence-electron chi connectivity index (χ1n) is 5.93. The Balaban J connectivity index is 0.00000144. The third-order valence-corrected chi connectivity index (χ3v) is 3.33. The molecule has 3 nitrogen and oxygen atoms in total. The fourth-order valence-corrected chi connectivity index (χ4v) is 2.27. The zero-order chi connectivity index (χ0) is 11.5. The topological polar surface area (TPSA) is 35.5 Å². The van der Waals surface area contributed by atoms with Gasteiger partial charge in [0, 0.05) is 37.8 Å². The van der Waals surface area contributed by atoms with Crippen molar-refractivity contribution in [1.29, 1.82) is 0 Å². The van der Waals surface area contributed by atoms with Crippen LogP contribution in [-0.2, 0) is 0 Å². The van der Waals surface area contributed by atoms with Gasteiger partial charge in [-0.2, -0.15) is 0 Å². The lowest BCUT2D eigenvalue weighted by Crippen LogP contribution is -2.44. The van der Waals surface area contributed by atoms with Crippen LogP contribution in [0.15, 0.2) is 18.2 Å². The van der Waals surface area contributed by atoms with E-state index in [2.05, 4.69) is 30.1 Å². The average Bonchev–Trinajstić information content (AvgIpc) is 2.32. The van der Waals surface area contributed by atoms with Crippen LogP contribution in [0.3, 0.4) is 0 Å². The van der Waals surface area contributed by atoms with Gasteiger partial charge in [-0.05, 0) is 19.9 Å². The summed E-state index contributed by atoms with van der Waals surface area (Å²) < 4.78 is 0. The van der Waals surface area contributed by atoms with Crippen molar-refractivity contribution in [2.24, 2.45) is 0 Å². The predicted octanol–water partition coefficient (Wildman–Crippen LogP) is 2.51. The van der Waals surface area contributed by atoms with Gasteiger partial charge in [0.1, 0.15) is 5.75 Å². The highest BCUT2D eigenvalue weighted by Crippen LogP contribution is 2.29. The molecule has 104 valence electrons. The van der Waals surface area contributed by atoms with Crippen LogP contribution in [0.1, 0.15) is 24.1 Å². The SMILES string of the molecule is Cc1ccc(O)c([C@H](C)N2CCNCC2)c1.Cl.Cl. The average molecular weight is 293 g/mol. The second-order valence-corrected chi connectivity index (χ2v) is 4.52. The highest BCUT2D eigenvalue weighted by atomic mass is 35.5. The molecule has 0 aliphatic carbocycles. The molecule has 0 saturated carbocycles. The van der Waals surface area contributed by atoms with Crippen LogP contribution >= 0.6 is 24.8 Å². The van der Waals surface area contributed by atoms with Crippen molar-refractivity contribution in [3.8, 4) is 5.75 Å². The third-order valence-electron chi connectivity index (χ3n) is 3.33. The Kier molecular flexibility index (Phi) is 7.64. The van der Waals surface area contributed by atoms with E-state index in [9.17, 15) is 5.11 Å². The van der Waals surface area contributed by atoms with Crippen molar-refractivity contribution in [2.75, 3.05) is 26.2 Å². The second-order valence-electron chi connectivity index (χ2n) is 4.52. The van der Waals surface area contributed by atoms with E-state index in [0.29, 0.717) is 11.8 Å². The number of hydrogen-bond acceptors (Lipinski definition) is 3. The van der Waals surface area contributed by atoms with Crippen molar-refractivity contribution in [2.45, 2.75) is 19.9 Å². The van der Waals surface area contributed by atoms with Gasteiger partial charge in [-0.1, -0.05) is 17.7 Å². The minimum absolute atomic E-state index is 0. The molecular formula is C13H22Cl2N2O. The first-order chi connectivity index (χ1) is 7.68. The summed E-state index contributed by atoms with van der Waals surface area (Å²) in [6.45, 7) is 8.41. The fraction of sp³-hybridized carbons (Fsp3) is 0.538. The van der Waals surface area contributed by atoms with Crippen LogP contribution in [-0.4, -0.2) is 36.2 Å². The van der Waals surface area contributed by atoms with E-state index < -0.39 is 0 Å². The molecule has 1 aliphatic rings. The molecule has 0 aromatic heterocycles. The highest BCUT2D eigenvalue weighted by Gasteiger charge is 2.20. The number of halogens is 2. The zero-order valence-electron chi connectivity index (χ0n) is 10.8. The summed E-state index contributed by atoms with van der Waals surface area (Å²) in [6.07, 6.45) is 0. The molecule has 1 aromatic rings. The summed E-state index contributed by atoms with van der Waals surface area (Å²) >= 11 is 0. The maximum Gasteiger partial charge on any atom is 0.120 e. The van der Waals surface area contributed by atoms with Crippen molar-refractivity contribution >= 4 is 24.8 Å². The number of aryl methyl sites for hydroxylation is 1. The van der Waals surface area contributed by atoms with Gasteiger partial charge < -0.3 is 10.4 Å². The van der Waals surface area contributed by atoms with Gasteiger partial charge in [-0.15, -0.1) is 24.8 Å². The molecule has 18 heavy (non-hydrogen) atoms. The zero-order valence-corrected chi connectivity index (χ0v) is 12.5. The van der Waals surface area contributed by atoms with E-state index in [1.165, 1.54) is 5.56 Å². The lowest BCUT2D eigenvalue weighted by molar-refractivity contribution is 0.183. The van der Waals surface area contributed by atoms with Gasteiger partial charge in [-0.3, -0.25) is 4.90 Å². The van der Waals surface area contributed by atoms with Crippen LogP contribution in [0.5, 0.6) is 5.75 Å². The van der Waals surface area contributed by atoms with Gasteiger partial charge in [0.05, 0.1) is 0 Å². The van der Waals surface area contributed by atoms with Crippen LogP contribution in [0.2, 0.25) is 0 Å². The number of hydrogen-bond donors (Lipinski definition) is 2. The summed E-state index contributed by atoms with van der Waals surface area (Å²) in [7, 11) is 0. The smallest absolute Gasteiger partial charge is 0.120 e. The molecule has 1 aromatic carbocycles. The number of rotatable bonds is 2. The van der Waals surface area contributed by atoms with E-state index in [1.807, 2.05) is 6.07 Å². The molecule has 2 rings (SSSR count). The van der Waals surface area contributed by atoms with Gasteiger partial charge in [-0.25, -0.2) is 0 Å². The highest BCUT2D eigenvalue weighted by molar-refractivity contribution is 5.85. The molecule has 5 heteroatoms. The van der Waals surface area contributed by atoms with Crippen LogP contribution in [0, 0.1) is 6.92 Å². The number of phenols is 1. The molecule has 1 aliphatic heterocycles. The lowest BCUT2D eigenvalue weighted by atomic mass is 10.0. The predicted molar refractivity (Wildman–Crippen MR) is 80.2 cm³/mol. The van der Waals surface area contributed by atoms with E-state index in [0.717, 1.165) is 31.7 Å². The Morgan fingerprint density at radius 3 is 2.44 bits per heavy atom. The molecule has 0 amide bonds. The largest absolute Gasteiger partial charge is 0.508 e. The summed E-state index contributed by atoms with van der Waals surface area (Å²) in [4.78, 5) is 2.41. The minimum Gasteiger partial charge on any atom is -0.508 e. The molecule has 0 bridgehead atoms. The number of piperazine rings is 1. The number of aromatic hydroxyl groups is 1. The maximum absolute atomic E-state index is 9.89. The fourth-order valence-electron chi connectivity index (χ4n) is 2.27. The summed E-state index contributed by atoms with van der Waals surface area (Å²) in [6, 6.07) is 6.12. The summed E-state index contributed by atoms with van der Waals surface area (Å²) in [5.74, 6) is 0.414. The lowest BCUT2D eigenvalue weighted by Gasteiger charge is -2.33. The molecular weight excluding hydrogens is 271 g/mol. The molecule has 1 fully saturated rings. The molecule has 1 heterocycles. The van der Waals surface area contributed by atoms with Crippen molar-refractivity contribution in [3.05, 3.63) is 29.3 Å². The van der Waals surface area contributed by atoms with Gasteiger partial charge >= 0.3 is 0 Å². The molecule has 2 N–H and O–H groups in total. The minimum atomic E-state index is 0. The Morgan fingerprint density at radius 2 is 1.83 bits per heavy atom. The monoisotopic (exact) mass is 292 g/mol. The number of nitrogens with one attached hydrogen (secondary N) is 1. The molecule has 0 spiro atoms. The van der Waals surface area contributed by atoms with Crippen molar-refractivity contribution < 1.29 is 5.11 Å². The quantitative estimate of drug-likeness (QED) is 0.879. The van der Waals surface area contributed by atoms with Crippen molar-refractivity contribution in [1.82, 2.24) is 10.2 Å². The maximum atomic E-state index is 9.89. The van der Waals surface area contributed by atoms with E-state index >= 15 is 0 Å². The molecule has 0 unspecified atom stereocenters. The first-order valence-corrected chi connectivity index (χ1v) is 5.93. The Morgan fingerprint density at radius 1 is 1.22 bits per heavy atom.